The molecule has 0 aliphatic heterocycles. The SMILES string of the molecule is CCC(/C(=N\C(C)c1ccc2c(c1)sc1ccc(-c3ccc(-c4ccccc4)cc3)cc12)c1ccc2c(c1)C(C)(C)c1ccccc1-2)C(N)c1ccc(-c2c#cccc2)cc1. The van der Waals surface area contributed by atoms with Crippen molar-refractivity contribution < 1.29 is 0 Å². The Bertz CT molecular complexity index is 3050. The Hall–Kier alpha value is -6.57. The zero-order valence-corrected chi connectivity index (χ0v) is 35.9. The summed E-state index contributed by atoms with van der Waals surface area (Å²) >= 11 is 1.86. The van der Waals surface area contributed by atoms with Gasteiger partial charge in [-0.2, -0.15) is 0 Å². The number of nitrogens with two attached hydrogens (primary N) is 1. The van der Waals surface area contributed by atoms with Gasteiger partial charge in [0.25, 0.3) is 0 Å². The average Bonchev–Trinajstić information content (AvgIpc) is 3.79. The Balaban J connectivity index is 1.01. The van der Waals surface area contributed by atoms with E-state index in [0.29, 0.717) is 0 Å². The Morgan fingerprint density at radius 2 is 1.28 bits per heavy atom. The van der Waals surface area contributed by atoms with Crippen LogP contribution in [-0.2, 0) is 5.41 Å². The molecule has 0 spiro atoms. The van der Waals surface area contributed by atoms with Crippen LogP contribution >= 0.6 is 11.3 Å². The second kappa shape index (κ2) is 15.8. The van der Waals surface area contributed by atoms with E-state index in [2.05, 4.69) is 204 Å². The zero-order valence-electron chi connectivity index (χ0n) is 35.1. The lowest BCUT2D eigenvalue weighted by molar-refractivity contribution is 0.532. The van der Waals surface area contributed by atoms with Crippen molar-refractivity contribution in [1.82, 2.24) is 0 Å². The van der Waals surface area contributed by atoms with Gasteiger partial charge in [0.1, 0.15) is 0 Å². The van der Waals surface area contributed by atoms with Crippen LogP contribution in [0.25, 0.3) is 64.7 Å². The molecule has 3 atom stereocenters. The predicted molar refractivity (Wildman–Crippen MR) is 259 cm³/mol. The van der Waals surface area contributed by atoms with Crippen LogP contribution in [0, 0.1) is 18.1 Å². The molecule has 9 aromatic rings. The maximum absolute atomic E-state index is 7.34. The fourth-order valence-electron chi connectivity index (χ4n) is 9.51. The van der Waals surface area contributed by atoms with E-state index in [1.807, 2.05) is 23.5 Å². The van der Waals surface area contributed by atoms with Crippen molar-refractivity contribution in [1.29, 1.82) is 0 Å². The number of thiophene rings is 1. The fourth-order valence-corrected chi connectivity index (χ4v) is 10.6. The van der Waals surface area contributed by atoms with Gasteiger partial charge in [-0.1, -0.05) is 172 Å². The van der Waals surface area contributed by atoms with Crippen LogP contribution in [0.5, 0.6) is 0 Å². The number of aliphatic imine (C=N–C) groups is 1. The van der Waals surface area contributed by atoms with Gasteiger partial charge in [-0.15, -0.1) is 11.3 Å². The molecule has 3 unspecified atom stereocenters. The van der Waals surface area contributed by atoms with E-state index in [1.165, 1.54) is 70.2 Å². The van der Waals surface area contributed by atoms with Crippen LogP contribution in [0.15, 0.2) is 181 Å². The molecule has 2 N–H and O–H groups in total. The minimum Gasteiger partial charge on any atom is -0.323 e. The first-order valence-corrected chi connectivity index (χ1v) is 22.3. The predicted octanol–water partition coefficient (Wildman–Crippen LogP) is 15.2. The Labute approximate surface area is 364 Å². The molecule has 0 fully saturated rings. The summed E-state index contributed by atoms with van der Waals surface area (Å²) in [5.74, 6) is -0.0110. The van der Waals surface area contributed by atoms with Crippen LogP contribution in [-0.4, -0.2) is 5.71 Å². The quantitative estimate of drug-likeness (QED) is 0.137. The fraction of sp³-hybridized carbons (Fsp3) is 0.155. The molecule has 1 aliphatic rings. The molecule has 0 bridgehead atoms. The van der Waals surface area contributed by atoms with Crippen molar-refractivity contribution in [2.45, 2.75) is 51.6 Å². The molecule has 1 aromatic heterocycles. The van der Waals surface area contributed by atoms with Crippen molar-refractivity contribution in [3.63, 3.8) is 0 Å². The highest BCUT2D eigenvalue weighted by atomic mass is 32.1. The third-order valence-corrected chi connectivity index (χ3v) is 14.1. The maximum atomic E-state index is 7.34. The molecule has 0 saturated heterocycles. The van der Waals surface area contributed by atoms with E-state index in [4.69, 9.17) is 10.7 Å². The molecule has 0 radical (unpaired) electrons. The van der Waals surface area contributed by atoms with Gasteiger partial charge in [-0.05, 0) is 117 Å². The smallest absolute Gasteiger partial charge is 0.0725 e. The Morgan fingerprint density at radius 3 is 2.03 bits per heavy atom. The molecule has 296 valence electrons. The van der Waals surface area contributed by atoms with Crippen LogP contribution in [0.3, 0.4) is 0 Å². The standard InChI is InChI=1S/C58H48N2S/c1-5-47(56(59)43-26-24-41(25-27-43)39-16-10-7-11-17-39)57(46-29-31-49-48-18-12-13-19-52(48)58(3,4)53(49)35-46)60-37(2)44-28-32-50-51-34-45(30-33-54(51)61-55(50)36-44)42-22-20-40(21-23-42)38-14-8-6-9-15-38/h6-10,12-16,18-37,47,56H,5,59H2,1-4H3/b60-57-. The normalized spacial score (nSPS) is 14.6. The van der Waals surface area contributed by atoms with Gasteiger partial charge in [0, 0.05) is 48.8 Å². The largest absolute Gasteiger partial charge is 0.323 e. The van der Waals surface area contributed by atoms with Crippen molar-refractivity contribution in [2.75, 3.05) is 0 Å². The molecular weight excluding hydrogens is 757 g/mol. The number of rotatable bonds is 10. The van der Waals surface area contributed by atoms with Crippen molar-refractivity contribution in [3.05, 3.63) is 216 Å². The van der Waals surface area contributed by atoms with Gasteiger partial charge in [0.05, 0.1) is 6.04 Å². The molecule has 1 heterocycles. The molecule has 2 nitrogen and oxygen atoms in total. The topological polar surface area (TPSA) is 38.4 Å². The highest BCUT2D eigenvalue weighted by Gasteiger charge is 2.36. The Morgan fingerprint density at radius 1 is 0.607 bits per heavy atom. The van der Waals surface area contributed by atoms with Gasteiger partial charge in [-0.25, -0.2) is 0 Å². The third kappa shape index (κ3) is 7.07. The number of hydrogen-bond acceptors (Lipinski definition) is 3. The number of benzene rings is 7. The summed E-state index contributed by atoms with van der Waals surface area (Å²) in [5.41, 5.74) is 24.1. The van der Waals surface area contributed by atoms with E-state index in [-0.39, 0.29) is 23.4 Å². The highest BCUT2D eigenvalue weighted by Crippen LogP contribution is 2.49. The van der Waals surface area contributed by atoms with E-state index in [9.17, 15) is 0 Å². The molecule has 0 saturated carbocycles. The number of hydrogen-bond donors (Lipinski definition) is 1. The molecule has 3 heteroatoms. The van der Waals surface area contributed by atoms with Gasteiger partial charge >= 0.3 is 0 Å². The first-order chi connectivity index (χ1) is 29.8. The van der Waals surface area contributed by atoms with Crippen molar-refractivity contribution in [2.24, 2.45) is 16.6 Å². The minimum absolute atomic E-state index is 0.0110. The second-order valence-electron chi connectivity index (χ2n) is 17.0. The number of fused-ring (bicyclic) bond motifs is 6. The van der Waals surface area contributed by atoms with Crippen LogP contribution < -0.4 is 5.73 Å². The summed E-state index contributed by atoms with van der Waals surface area (Å²) in [6.07, 6.45) is 0.850. The summed E-state index contributed by atoms with van der Waals surface area (Å²) in [6, 6.07) is 69.8. The Kier molecular flexibility index (Phi) is 10.0. The zero-order chi connectivity index (χ0) is 41.7. The van der Waals surface area contributed by atoms with E-state index in [0.717, 1.165) is 34.4 Å². The van der Waals surface area contributed by atoms with Gasteiger partial charge in [-0.3, -0.25) is 4.99 Å². The lowest BCUT2D eigenvalue weighted by Gasteiger charge is -2.28. The summed E-state index contributed by atoms with van der Waals surface area (Å²) < 4.78 is 2.57. The van der Waals surface area contributed by atoms with E-state index in [1.54, 1.807) is 0 Å². The van der Waals surface area contributed by atoms with Crippen LogP contribution in [0.1, 0.15) is 74.0 Å². The van der Waals surface area contributed by atoms with Crippen LogP contribution in [0.4, 0.5) is 0 Å². The monoisotopic (exact) mass is 804 g/mol. The molecular formula is C58H48N2S. The first kappa shape index (κ1) is 38.6. The van der Waals surface area contributed by atoms with Crippen LogP contribution in [0.2, 0.25) is 0 Å². The molecule has 61 heavy (non-hydrogen) atoms. The van der Waals surface area contributed by atoms with Gasteiger partial charge < -0.3 is 5.73 Å². The molecule has 1 aliphatic carbocycles. The molecule has 10 rings (SSSR count). The van der Waals surface area contributed by atoms with Gasteiger partial charge in [0.2, 0.25) is 0 Å². The van der Waals surface area contributed by atoms with Gasteiger partial charge in [0.15, 0.2) is 0 Å². The minimum atomic E-state index is -0.247. The second-order valence-corrected chi connectivity index (χ2v) is 18.1. The maximum Gasteiger partial charge on any atom is 0.0725 e. The summed E-state index contributed by atoms with van der Waals surface area (Å²) in [7, 11) is 0. The van der Waals surface area contributed by atoms with Crippen molar-refractivity contribution >= 4 is 37.2 Å². The number of nitrogens with zero attached hydrogens (tertiary/aromatic N) is 1. The first-order valence-electron chi connectivity index (χ1n) is 21.5. The van der Waals surface area contributed by atoms with E-state index < -0.39 is 0 Å². The summed E-state index contributed by atoms with van der Waals surface area (Å²) in [6.45, 7) is 9.17. The third-order valence-electron chi connectivity index (χ3n) is 13.0. The van der Waals surface area contributed by atoms with Crippen molar-refractivity contribution in [3.8, 4) is 44.5 Å². The highest BCUT2D eigenvalue weighted by molar-refractivity contribution is 7.25. The lowest BCUT2D eigenvalue weighted by atomic mass is 9.79. The molecule has 8 aromatic carbocycles. The summed E-state index contributed by atoms with van der Waals surface area (Å²) in [4.78, 5) is 5.70. The lowest BCUT2D eigenvalue weighted by Crippen LogP contribution is -2.29. The molecule has 0 amide bonds. The van der Waals surface area contributed by atoms with E-state index >= 15 is 0 Å². The summed E-state index contributed by atoms with van der Waals surface area (Å²) in [5, 5.41) is 2.58. The average molecular weight is 805 g/mol.